The smallest absolute Gasteiger partial charge is 0.367 e. The molecule has 24 heavy (non-hydrogen) atoms. The summed E-state index contributed by atoms with van der Waals surface area (Å²) in [7, 11) is 0. The fourth-order valence-corrected chi connectivity index (χ4v) is 2.10. The zero-order chi connectivity index (χ0) is 17.4. The molecule has 0 saturated heterocycles. The van der Waals surface area contributed by atoms with Gasteiger partial charge in [0.2, 0.25) is 0 Å². The first kappa shape index (κ1) is 18.6. The van der Waals surface area contributed by atoms with Crippen LogP contribution in [0.15, 0.2) is 29.3 Å². The molecule has 0 radical (unpaired) electrons. The van der Waals surface area contributed by atoms with Crippen LogP contribution in [0.1, 0.15) is 30.9 Å². The number of aliphatic imine (C=N–C) groups is 1. The summed E-state index contributed by atoms with van der Waals surface area (Å²) in [5.41, 5.74) is 1.71. The lowest BCUT2D eigenvalue weighted by Crippen LogP contribution is -2.38. The van der Waals surface area contributed by atoms with Crippen LogP contribution in [-0.4, -0.2) is 31.8 Å². The van der Waals surface area contributed by atoms with Crippen molar-refractivity contribution < 1.29 is 17.9 Å². The van der Waals surface area contributed by atoms with Crippen molar-refractivity contribution in [2.75, 3.05) is 19.7 Å². The van der Waals surface area contributed by atoms with E-state index >= 15 is 0 Å². The minimum atomic E-state index is -4.29. The molecule has 4 nitrogen and oxygen atoms in total. The zero-order valence-corrected chi connectivity index (χ0v) is 13.8. The summed E-state index contributed by atoms with van der Waals surface area (Å²) in [6.07, 6.45) is -1.72. The Hall–Kier alpha value is -1.76. The molecule has 7 heteroatoms. The van der Waals surface area contributed by atoms with Gasteiger partial charge in [-0.3, -0.25) is 0 Å². The highest BCUT2D eigenvalue weighted by Crippen LogP contribution is 2.27. The molecule has 0 aliphatic heterocycles. The van der Waals surface area contributed by atoms with Crippen molar-refractivity contribution in [3.05, 3.63) is 35.4 Å². The molecule has 0 heterocycles. The number of hydrogen-bond donors (Lipinski definition) is 2. The van der Waals surface area contributed by atoms with Crippen molar-refractivity contribution in [2.24, 2.45) is 10.9 Å². The minimum absolute atomic E-state index is 0.0470. The number of halogens is 3. The summed E-state index contributed by atoms with van der Waals surface area (Å²) >= 11 is 0. The van der Waals surface area contributed by atoms with Crippen LogP contribution in [-0.2, 0) is 17.9 Å². The molecular formula is C17H24F3N3O. The lowest BCUT2D eigenvalue weighted by atomic mass is 10.1. The second-order valence-corrected chi connectivity index (χ2v) is 5.94. The van der Waals surface area contributed by atoms with Crippen molar-refractivity contribution in [1.29, 1.82) is 0 Å². The topological polar surface area (TPSA) is 45.7 Å². The van der Waals surface area contributed by atoms with E-state index in [1.54, 1.807) is 12.1 Å². The molecular weight excluding hydrogens is 319 g/mol. The SMILES string of the molecule is CCNC(=NCc1ccc(COCC(F)(F)F)cc1)NCC1CC1. The molecule has 0 amide bonds. The molecule has 0 spiro atoms. The number of ether oxygens (including phenoxy) is 1. The number of nitrogens with zero attached hydrogens (tertiary/aromatic N) is 1. The molecule has 2 rings (SSSR count). The normalized spacial score (nSPS) is 15.4. The molecule has 0 aromatic heterocycles. The van der Waals surface area contributed by atoms with Gasteiger partial charge < -0.3 is 15.4 Å². The van der Waals surface area contributed by atoms with Crippen LogP contribution < -0.4 is 10.6 Å². The van der Waals surface area contributed by atoms with E-state index in [0.717, 1.165) is 30.5 Å². The highest BCUT2D eigenvalue weighted by atomic mass is 19.4. The first-order chi connectivity index (χ1) is 11.5. The van der Waals surface area contributed by atoms with Crippen LogP contribution in [0.5, 0.6) is 0 Å². The highest BCUT2D eigenvalue weighted by molar-refractivity contribution is 5.79. The van der Waals surface area contributed by atoms with E-state index in [9.17, 15) is 13.2 Å². The maximum absolute atomic E-state index is 12.0. The summed E-state index contributed by atoms with van der Waals surface area (Å²) in [4.78, 5) is 4.52. The first-order valence-corrected chi connectivity index (χ1v) is 8.21. The molecule has 1 aliphatic rings. The molecule has 0 atom stereocenters. The third-order valence-corrected chi connectivity index (χ3v) is 3.58. The Morgan fingerprint density at radius 3 is 2.42 bits per heavy atom. The van der Waals surface area contributed by atoms with Gasteiger partial charge in [-0.25, -0.2) is 4.99 Å². The van der Waals surface area contributed by atoms with Crippen molar-refractivity contribution in [1.82, 2.24) is 10.6 Å². The van der Waals surface area contributed by atoms with Gasteiger partial charge >= 0.3 is 6.18 Å². The quantitative estimate of drug-likeness (QED) is 0.563. The molecule has 134 valence electrons. The highest BCUT2D eigenvalue weighted by Gasteiger charge is 2.27. The molecule has 1 aliphatic carbocycles. The second-order valence-electron chi connectivity index (χ2n) is 5.94. The molecule has 0 bridgehead atoms. The molecule has 1 saturated carbocycles. The second kappa shape index (κ2) is 8.92. The standard InChI is InChI=1S/C17H24F3N3O/c1-2-21-16(22-9-13-3-4-13)23-10-14-5-7-15(8-6-14)11-24-12-17(18,19)20/h5-8,13H,2-4,9-12H2,1H3,(H2,21,22,23). The van der Waals surface area contributed by atoms with Crippen LogP contribution in [0.2, 0.25) is 0 Å². The van der Waals surface area contributed by atoms with Crippen LogP contribution in [0.25, 0.3) is 0 Å². The fourth-order valence-electron chi connectivity index (χ4n) is 2.10. The Kier molecular flexibility index (Phi) is 6.90. The fraction of sp³-hybridized carbons (Fsp3) is 0.588. The molecule has 1 aromatic rings. The van der Waals surface area contributed by atoms with E-state index in [2.05, 4.69) is 20.4 Å². The van der Waals surface area contributed by atoms with Gasteiger partial charge in [-0.15, -0.1) is 0 Å². The number of hydrogen-bond acceptors (Lipinski definition) is 2. The number of guanidine groups is 1. The lowest BCUT2D eigenvalue weighted by Gasteiger charge is -2.11. The third-order valence-electron chi connectivity index (χ3n) is 3.58. The predicted molar refractivity (Wildman–Crippen MR) is 87.7 cm³/mol. The van der Waals surface area contributed by atoms with Gasteiger partial charge in [0.1, 0.15) is 6.61 Å². The first-order valence-electron chi connectivity index (χ1n) is 8.21. The summed E-state index contributed by atoms with van der Waals surface area (Å²) in [6, 6.07) is 7.26. The van der Waals surface area contributed by atoms with E-state index in [1.165, 1.54) is 12.8 Å². The Morgan fingerprint density at radius 1 is 1.17 bits per heavy atom. The Balaban J connectivity index is 1.79. The van der Waals surface area contributed by atoms with Crippen LogP contribution in [0.3, 0.4) is 0 Å². The predicted octanol–water partition coefficient (Wildman–Crippen LogP) is 3.23. The van der Waals surface area contributed by atoms with Crippen molar-refractivity contribution in [3.8, 4) is 0 Å². The average molecular weight is 343 g/mol. The van der Waals surface area contributed by atoms with Gasteiger partial charge in [-0.2, -0.15) is 13.2 Å². The van der Waals surface area contributed by atoms with Crippen LogP contribution in [0, 0.1) is 5.92 Å². The number of rotatable bonds is 8. The minimum Gasteiger partial charge on any atom is -0.367 e. The average Bonchev–Trinajstić information content (AvgIpc) is 3.34. The Bertz CT molecular complexity index is 525. The van der Waals surface area contributed by atoms with Crippen molar-refractivity contribution >= 4 is 5.96 Å². The summed E-state index contributed by atoms with van der Waals surface area (Å²) < 4.78 is 40.7. The van der Waals surface area contributed by atoms with E-state index in [1.807, 2.05) is 19.1 Å². The monoisotopic (exact) mass is 343 g/mol. The number of nitrogens with one attached hydrogen (secondary N) is 2. The van der Waals surface area contributed by atoms with E-state index in [4.69, 9.17) is 0 Å². The molecule has 0 unspecified atom stereocenters. The summed E-state index contributed by atoms with van der Waals surface area (Å²) in [5, 5.41) is 6.52. The van der Waals surface area contributed by atoms with Gasteiger partial charge in [0.25, 0.3) is 0 Å². The van der Waals surface area contributed by atoms with Crippen LogP contribution >= 0.6 is 0 Å². The summed E-state index contributed by atoms with van der Waals surface area (Å²) in [6.45, 7) is 3.01. The van der Waals surface area contributed by atoms with E-state index < -0.39 is 12.8 Å². The maximum Gasteiger partial charge on any atom is 0.411 e. The third kappa shape index (κ3) is 7.68. The van der Waals surface area contributed by atoms with Crippen molar-refractivity contribution in [3.63, 3.8) is 0 Å². The van der Waals surface area contributed by atoms with Crippen molar-refractivity contribution in [2.45, 2.75) is 39.1 Å². The van der Waals surface area contributed by atoms with Crippen LogP contribution in [0.4, 0.5) is 13.2 Å². The Morgan fingerprint density at radius 2 is 1.83 bits per heavy atom. The zero-order valence-electron chi connectivity index (χ0n) is 13.8. The lowest BCUT2D eigenvalue weighted by molar-refractivity contribution is -0.176. The van der Waals surface area contributed by atoms with Gasteiger partial charge in [-0.1, -0.05) is 24.3 Å². The van der Waals surface area contributed by atoms with Gasteiger partial charge in [0.05, 0.1) is 13.2 Å². The maximum atomic E-state index is 12.0. The summed E-state index contributed by atoms with van der Waals surface area (Å²) in [5.74, 6) is 1.56. The van der Waals surface area contributed by atoms with Gasteiger partial charge in [0, 0.05) is 13.1 Å². The molecule has 1 aromatic carbocycles. The van der Waals surface area contributed by atoms with E-state index in [0.29, 0.717) is 12.1 Å². The molecule has 1 fully saturated rings. The Labute approximate surface area is 140 Å². The van der Waals surface area contributed by atoms with E-state index in [-0.39, 0.29) is 6.61 Å². The van der Waals surface area contributed by atoms with Gasteiger partial charge in [-0.05, 0) is 36.8 Å². The largest absolute Gasteiger partial charge is 0.411 e. The number of benzene rings is 1. The van der Waals surface area contributed by atoms with Gasteiger partial charge in [0.15, 0.2) is 5.96 Å². The molecule has 2 N–H and O–H groups in total. The number of alkyl halides is 3.